The number of nitrogens with zero attached hydrogens (tertiary/aromatic N) is 1. The molecular weight excluding hydrogens is 322 g/mol. The molecule has 1 aromatic carbocycles. The van der Waals surface area contributed by atoms with Gasteiger partial charge in [-0.2, -0.15) is 0 Å². The number of aliphatic hydroxyl groups excluding tert-OH is 1. The summed E-state index contributed by atoms with van der Waals surface area (Å²) >= 11 is 3.48. The zero-order valence-electron chi connectivity index (χ0n) is 11.4. The minimum absolute atomic E-state index is 0.143. The number of halogens is 1. The monoisotopic (exact) mass is 337 g/mol. The summed E-state index contributed by atoms with van der Waals surface area (Å²) < 4.78 is 11.9. The number of hydrogen-bond acceptors (Lipinski definition) is 4. The molecule has 0 aliphatic heterocycles. The minimum atomic E-state index is -0.143. The number of benzene rings is 1. The Labute approximate surface area is 126 Å². The van der Waals surface area contributed by atoms with Crippen molar-refractivity contribution in [1.82, 2.24) is 4.98 Å². The predicted octanol–water partition coefficient (Wildman–Crippen LogP) is 3.23. The maximum absolute atomic E-state index is 9.31. The Balaban J connectivity index is 2.16. The molecule has 0 saturated carbocycles. The van der Waals surface area contributed by atoms with E-state index in [2.05, 4.69) is 20.9 Å². The van der Waals surface area contributed by atoms with Gasteiger partial charge in [0.1, 0.15) is 23.8 Å². The Kier molecular flexibility index (Phi) is 4.98. The molecule has 0 radical (unpaired) electrons. The van der Waals surface area contributed by atoms with Crippen LogP contribution in [0.3, 0.4) is 0 Å². The van der Waals surface area contributed by atoms with Crippen LogP contribution in [0.15, 0.2) is 34.8 Å². The van der Waals surface area contributed by atoms with E-state index in [1.54, 1.807) is 7.11 Å². The van der Waals surface area contributed by atoms with Gasteiger partial charge in [0.2, 0.25) is 0 Å². The van der Waals surface area contributed by atoms with Crippen molar-refractivity contribution in [1.29, 1.82) is 0 Å². The van der Waals surface area contributed by atoms with E-state index >= 15 is 0 Å². The summed E-state index contributed by atoms with van der Waals surface area (Å²) in [7, 11) is 1.63. The van der Waals surface area contributed by atoms with Gasteiger partial charge in [0.25, 0.3) is 0 Å². The SMILES string of the molecule is COc1ccc(Br)c(COc2ccc(C)nc2CO)c1. The molecule has 2 aromatic rings. The second-order valence-electron chi connectivity index (χ2n) is 4.30. The van der Waals surface area contributed by atoms with E-state index < -0.39 is 0 Å². The lowest BCUT2D eigenvalue weighted by molar-refractivity contribution is 0.252. The molecule has 1 N–H and O–H groups in total. The second-order valence-corrected chi connectivity index (χ2v) is 5.16. The second kappa shape index (κ2) is 6.72. The van der Waals surface area contributed by atoms with Gasteiger partial charge in [-0.05, 0) is 37.3 Å². The van der Waals surface area contributed by atoms with E-state index in [0.29, 0.717) is 18.1 Å². The third-order valence-electron chi connectivity index (χ3n) is 2.86. The molecule has 0 amide bonds. The summed E-state index contributed by atoms with van der Waals surface area (Å²) in [6.07, 6.45) is 0. The van der Waals surface area contributed by atoms with Gasteiger partial charge in [-0.15, -0.1) is 0 Å². The van der Waals surface area contributed by atoms with E-state index in [-0.39, 0.29) is 6.61 Å². The molecule has 2 rings (SSSR count). The highest BCUT2D eigenvalue weighted by atomic mass is 79.9. The maximum Gasteiger partial charge on any atom is 0.143 e. The summed E-state index contributed by atoms with van der Waals surface area (Å²) in [6.45, 7) is 2.10. The third-order valence-corrected chi connectivity index (χ3v) is 3.63. The minimum Gasteiger partial charge on any atom is -0.497 e. The number of methoxy groups -OCH3 is 1. The maximum atomic E-state index is 9.31. The highest BCUT2D eigenvalue weighted by Crippen LogP contribution is 2.25. The number of aryl methyl sites for hydroxylation is 1. The average Bonchev–Trinajstić information content (AvgIpc) is 2.47. The van der Waals surface area contributed by atoms with Crippen LogP contribution in [0.1, 0.15) is 17.0 Å². The fourth-order valence-electron chi connectivity index (χ4n) is 1.79. The van der Waals surface area contributed by atoms with Crippen molar-refractivity contribution in [2.45, 2.75) is 20.1 Å². The normalized spacial score (nSPS) is 10.4. The van der Waals surface area contributed by atoms with Crippen LogP contribution in [0.5, 0.6) is 11.5 Å². The van der Waals surface area contributed by atoms with Crippen molar-refractivity contribution in [3.63, 3.8) is 0 Å². The third kappa shape index (κ3) is 3.49. The Morgan fingerprint density at radius 3 is 2.75 bits per heavy atom. The molecule has 0 unspecified atom stereocenters. The molecule has 0 aliphatic carbocycles. The standard InChI is InChI=1S/C15H16BrNO3/c1-10-3-6-15(14(8-18)17-10)20-9-11-7-12(19-2)4-5-13(11)16/h3-7,18H,8-9H2,1-2H3. The van der Waals surface area contributed by atoms with E-state index in [1.165, 1.54) is 0 Å². The Morgan fingerprint density at radius 1 is 1.25 bits per heavy atom. The highest BCUT2D eigenvalue weighted by molar-refractivity contribution is 9.10. The Hall–Kier alpha value is -1.59. The van der Waals surface area contributed by atoms with Crippen LogP contribution >= 0.6 is 15.9 Å². The average molecular weight is 338 g/mol. The molecule has 0 atom stereocenters. The lowest BCUT2D eigenvalue weighted by Gasteiger charge is -2.12. The first-order valence-electron chi connectivity index (χ1n) is 6.16. The van der Waals surface area contributed by atoms with Crippen LogP contribution < -0.4 is 9.47 Å². The van der Waals surface area contributed by atoms with E-state index in [9.17, 15) is 5.11 Å². The Morgan fingerprint density at radius 2 is 2.05 bits per heavy atom. The lowest BCUT2D eigenvalue weighted by atomic mass is 10.2. The number of ether oxygens (including phenoxy) is 2. The van der Waals surface area contributed by atoms with Crippen LogP contribution in [-0.2, 0) is 13.2 Å². The molecule has 1 aromatic heterocycles. The van der Waals surface area contributed by atoms with E-state index in [1.807, 2.05) is 37.3 Å². The number of hydrogen-bond donors (Lipinski definition) is 1. The molecule has 20 heavy (non-hydrogen) atoms. The predicted molar refractivity (Wildman–Crippen MR) is 79.9 cm³/mol. The molecule has 0 spiro atoms. The van der Waals surface area contributed by atoms with Gasteiger partial charge in [0.15, 0.2) is 0 Å². The van der Waals surface area contributed by atoms with Gasteiger partial charge < -0.3 is 14.6 Å². The van der Waals surface area contributed by atoms with Crippen LogP contribution in [0.4, 0.5) is 0 Å². The van der Waals surface area contributed by atoms with Gasteiger partial charge >= 0.3 is 0 Å². The van der Waals surface area contributed by atoms with Crippen LogP contribution in [0, 0.1) is 6.92 Å². The zero-order chi connectivity index (χ0) is 14.5. The zero-order valence-corrected chi connectivity index (χ0v) is 13.0. The van der Waals surface area contributed by atoms with Gasteiger partial charge in [0.05, 0.1) is 13.7 Å². The van der Waals surface area contributed by atoms with Crippen LogP contribution in [-0.4, -0.2) is 17.2 Å². The fraction of sp³-hybridized carbons (Fsp3) is 0.267. The van der Waals surface area contributed by atoms with E-state index in [0.717, 1.165) is 21.5 Å². The molecule has 106 valence electrons. The first kappa shape index (κ1) is 14.8. The van der Waals surface area contributed by atoms with Crippen molar-refractivity contribution in [3.8, 4) is 11.5 Å². The molecular formula is C15H16BrNO3. The molecule has 1 heterocycles. The number of aromatic nitrogens is 1. The first-order valence-corrected chi connectivity index (χ1v) is 6.96. The summed E-state index contributed by atoms with van der Waals surface area (Å²) in [4.78, 5) is 4.25. The smallest absolute Gasteiger partial charge is 0.143 e. The molecule has 5 heteroatoms. The topological polar surface area (TPSA) is 51.6 Å². The molecule has 0 fully saturated rings. The molecule has 0 aliphatic rings. The van der Waals surface area contributed by atoms with Gasteiger partial charge in [-0.3, -0.25) is 4.98 Å². The van der Waals surface area contributed by atoms with Crippen LogP contribution in [0.2, 0.25) is 0 Å². The fourth-order valence-corrected chi connectivity index (χ4v) is 2.15. The summed E-state index contributed by atoms with van der Waals surface area (Å²) in [5.41, 5.74) is 2.36. The highest BCUT2D eigenvalue weighted by Gasteiger charge is 2.07. The van der Waals surface area contributed by atoms with Gasteiger partial charge in [-0.1, -0.05) is 15.9 Å². The number of aliphatic hydroxyl groups is 1. The Bertz CT molecular complexity index is 602. The van der Waals surface area contributed by atoms with Gasteiger partial charge in [-0.25, -0.2) is 0 Å². The number of rotatable bonds is 5. The molecule has 0 bridgehead atoms. The van der Waals surface area contributed by atoms with Gasteiger partial charge in [0, 0.05) is 15.7 Å². The van der Waals surface area contributed by atoms with Crippen LogP contribution in [0.25, 0.3) is 0 Å². The summed E-state index contributed by atoms with van der Waals surface area (Å²) in [5.74, 6) is 1.36. The van der Waals surface area contributed by atoms with E-state index in [4.69, 9.17) is 9.47 Å². The van der Waals surface area contributed by atoms with Crippen molar-refractivity contribution in [2.24, 2.45) is 0 Å². The van der Waals surface area contributed by atoms with Crippen molar-refractivity contribution in [3.05, 3.63) is 51.8 Å². The quantitative estimate of drug-likeness (QED) is 0.909. The molecule has 0 saturated heterocycles. The largest absolute Gasteiger partial charge is 0.497 e. The first-order chi connectivity index (χ1) is 9.63. The van der Waals surface area contributed by atoms with Crippen molar-refractivity contribution >= 4 is 15.9 Å². The van der Waals surface area contributed by atoms with Crippen molar-refractivity contribution < 1.29 is 14.6 Å². The number of pyridine rings is 1. The lowest BCUT2D eigenvalue weighted by Crippen LogP contribution is -2.02. The summed E-state index contributed by atoms with van der Waals surface area (Å²) in [6, 6.07) is 9.37. The van der Waals surface area contributed by atoms with Crippen molar-refractivity contribution in [2.75, 3.05) is 7.11 Å². The molecule has 4 nitrogen and oxygen atoms in total. The summed E-state index contributed by atoms with van der Waals surface area (Å²) in [5, 5.41) is 9.31.